The second-order valence-corrected chi connectivity index (χ2v) is 10.6. The standard InChI is InChI=1S/C27H35N3O3S/c1-33-18-17-30-25(23-10-7-19-34-23)24(21-8-3-4-9-22(21)26(30)31)27(32)29-15-11-20(12-16-29)28-13-5-2-6-14-28/h3-4,7-10,19-20,24-25H,2,5-6,11-18H2,1H3. The lowest BCUT2D eigenvalue weighted by atomic mass is 9.80. The molecule has 1 aromatic carbocycles. The fourth-order valence-corrected chi connectivity index (χ4v) is 6.88. The number of carbonyl (C=O) groups is 2. The Kier molecular flexibility index (Phi) is 7.32. The molecule has 0 spiro atoms. The minimum Gasteiger partial charge on any atom is -0.383 e. The van der Waals surface area contributed by atoms with Crippen molar-refractivity contribution in [3.63, 3.8) is 0 Å². The van der Waals surface area contributed by atoms with Crippen molar-refractivity contribution >= 4 is 23.2 Å². The molecule has 2 unspecified atom stereocenters. The number of thiophene rings is 1. The van der Waals surface area contributed by atoms with Gasteiger partial charge in [0.05, 0.1) is 18.6 Å². The van der Waals surface area contributed by atoms with Crippen molar-refractivity contribution in [2.24, 2.45) is 0 Å². The van der Waals surface area contributed by atoms with Gasteiger partial charge < -0.3 is 19.4 Å². The summed E-state index contributed by atoms with van der Waals surface area (Å²) in [5.74, 6) is -0.257. The number of carbonyl (C=O) groups excluding carboxylic acids is 2. The Bertz CT molecular complexity index is 981. The van der Waals surface area contributed by atoms with Gasteiger partial charge in [-0.25, -0.2) is 0 Å². The van der Waals surface area contributed by atoms with Crippen molar-refractivity contribution in [2.45, 2.75) is 50.1 Å². The quantitative estimate of drug-likeness (QED) is 0.622. The molecule has 2 amide bonds. The molecule has 5 rings (SSSR count). The normalized spacial score (nSPS) is 24.3. The molecule has 2 fully saturated rings. The monoisotopic (exact) mass is 481 g/mol. The Labute approximate surface area is 206 Å². The van der Waals surface area contributed by atoms with Crippen LogP contribution in [-0.4, -0.2) is 79.0 Å². The summed E-state index contributed by atoms with van der Waals surface area (Å²) < 4.78 is 5.34. The Morgan fingerprint density at radius 3 is 2.50 bits per heavy atom. The number of fused-ring (bicyclic) bond motifs is 1. The fraction of sp³-hybridized carbons (Fsp3) is 0.556. The van der Waals surface area contributed by atoms with Gasteiger partial charge in [-0.3, -0.25) is 9.59 Å². The van der Waals surface area contributed by atoms with Crippen molar-refractivity contribution in [3.05, 3.63) is 57.8 Å². The smallest absolute Gasteiger partial charge is 0.254 e. The molecule has 3 aliphatic rings. The summed E-state index contributed by atoms with van der Waals surface area (Å²) in [6, 6.07) is 12.0. The maximum Gasteiger partial charge on any atom is 0.254 e. The number of hydrogen-bond donors (Lipinski definition) is 0. The first-order valence-electron chi connectivity index (χ1n) is 12.6. The SMILES string of the molecule is COCCN1C(=O)c2ccccc2C(C(=O)N2CCC(N3CCCCC3)CC2)C1c1cccs1. The number of hydrogen-bond acceptors (Lipinski definition) is 5. The van der Waals surface area contributed by atoms with E-state index >= 15 is 0 Å². The molecule has 4 heterocycles. The van der Waals surface area contributed by atoms with Crippen LogP contribution >= 0.6 is 11.3 Å². The average molecular weight is 482 g/mol. The molecular weight excluding hydrogens is 446 g/mol. The van der Waals surface area contributed by atoms with E-state index in [2.05, 4.69) is 15.9 Å². The maximum atomic E-state index is 14.2. The van der Waals surface area contributed by atoms with E-state index in [4.69, 9.17) is 4.74 Å². The lowest BCUT2D eigenvalue weighted by Gasteiger charge is -2.45. The highest BCUT2D eigenvalue weighted by Gasteiger charge is 2.46. The first kappa shape index (κ1) is 23.5. The van der Waals surface area contributed by atoms with Gasteiger partial charge in [0.25, 0.3) is 5.91 Å². The molecule has 0 saturated carbocycles. The number of likely N-dealkylation sites (tertiary alicyclic amines) is 2. The number of ether oxygens (including phenoxy) is 1. The van der Waals surface area contributed by atoms with E-state index in [9.17, 15) is 9.59 Å². The summed E-state index contributed by atoms with van der Waals surface area (Å²) >= 11 is 1.62. The number of piperidine rings is 2. The van der Waals surface area contributed by atoms with Gasteiger partial charge in [0.1, 0.15) is 0 Å². The summed E-state index contributed by atoms with van der Waals surface area (Å²) in [6.07, 6.45) is 6.02. The van der Waals surface area contributed by atoms with E-state index in [0.717, 1.165) is 36.4 Å². The molecule has 1 aromatic heterocycles. The van der Waals surface area contributed by atoms with E-state index in [1.807, 2.05) is 40.6 Å². The van der Waals surface area contributed by atoms with Crippen molar-refractivity contribution in [1.82, 2.24) is 14.7 Å². The van der Waals surface area contributed by atoms with Crippen LogP contribution in [-0.2, 0) is 9.53 Å². The minimum absolute atomic E-state index is 0.0149. The van der Waals surface area contributed by atoms with Crippen molar-refractivity contribution < 1.29 is 14.3 Å². The number of nitrogens with zero attached hydrogens (tertiary/aromatic N) is 3. The summed E-state index contributed by atoms with van der Waals surface area (Å²) in [4.78, 5) is 35.3. The Morgan fingerprint density at radius 2 is 1.79 bits per heavy atom. The van der Waals surface area contributed by atoms with Crippen molar-refractivity contribution in [2.75, 3.05) is 46.4 Å². The van der Waals surface area contributed by atoms with Gasteiger partial charge in [0.15, 0.2) is 0 Å². The van der Waals surface area contributed by atoms with Gasteiger partial charge >= 0.3 is 0 Å². The van der Waals surface area contributed by atoms with Gasteiger partial charge in [0, 0.05) is 43.2 Å². The number of methoxy groups -OCH3 is 1. The first-order chi connectivity index (χ1) is 16.7. The largest absolute Gasteiger partial charge is 0.383 e. The Morgan fingerprint density at radius 1 is 1.03 bits per heavy atom. The molecule has 34 heavy (non-hydrogen) atoms. The molecule has 7 heteroatoms. The van der Waals surface area contributed by atoms with Crippen LogP contribution in [0.5, 0.6) is 0 Å². The predicted molar refractivity (Wildman–Crippen MR) is 134 cm³/mol. The van der Waals surface area contributed by atoms with E-state index in [1.54, 1.807) is 18.4 Å². The molecule has 0 bridgehead atoms. The van der Waals surface area contributed by atoms with Gasteiger partial charge in [-0.1, -0.05) is 30.7 Å². The Balaban J connectivity index is 1.43. The van der Waals surface area contributed by atoms with E-state index < -0.39 is 5.92 Å². The summed E-state index contributed by atoms with van der Waals surface area (Å²) in [7, 11) is 1.65. The third kappa shape index (κ3) is 4.53. The molecule has 2 atom stereocenters. The molecule has 182 valence electrons. The van der Waals surface area contributed by atoms with Gasteiger partial charge in [-0.15, -0.1) is 11.3 Å². The number of rotatable bonds is 6. The maximum absolute atomic E-state index is 14.2. The fourth-order valence-electron chi connectivity index (χ4n) is 6.00. The third-order valence-electron chi connectivity index (χ3n) is 7.76. The summed E-state index contributed by atoms with van der Waals surface area (Å²) in [5.41, 5.74) is 1.51. The number of amides is 2. The lowest BCUT2D eigenvalue weighted by molar-refractivity contribution is -0.136. The lowest BCUT2D eigenvalue weighted by Crippen LogP contribution is -2.52. The van der Waals surface area contributed by atoms with Crippen LogP contribution in [0.2, 0.25) is 0 Å². The van der Waals surface area contributed by atoms with Crippen LogP contribution < -0.4 is 0 Å². The van der Waals surface area contributed by atoms with Crippen molar-refractivity contribution in [3.8, 4) is 0 Å². The predicted octanol–water partition coefficient (Wildman–Crippen LogP) is 4.15. The first-order valence-corrected chi connectivity index (χ1v) is 13.5. The van der Waals surface area contributed by atoms with Crippen LogP contribution in [0.3, 0.4) is 0 Å². The summed E-state index contributed by atoms with van der Waals surface area (Å²) in [6.45, 7) is 4.89. The zero-order chi connectivity index (χ0) is 23.5. The molecule has 0 N–H and O–H groups in total. The Hall–Kier alpha value is -2.22. The summed E-state index contributed by atoms with van der Waals surface area (Å²) in [5, 5.41) is 2.03. The van der Waals surface area contributed by atoms with Gasteiger partial charge in [-0.05, 0) is 61.8 Å². The second kappa shape index (κ2) is 10.6. The van der Waals surface area contributed by atoms with Crippen LogP contribution in [0.4, 0.5) is 0 Å². The molecular formula is C27H35N3O3S. The van der Waals surface area contributed by atoms with E-state index in [1.165, 1.54) is 32.4 Å². The van der Waals surface area contributed by atoms with E-state index in [0.29, 0.717) is 24.8 Å². The van der Waals surface area contributed by atoms with Crippen LogP contribution in [0.25, 0.3) is 0 Å². The van der Waals surface area contributed by atoms with Gasteiger partial charge in [-0.2, -0.15) is 0 Å². The molecule has 0 aliphatic carbocycles. The van der Waals surface area contributed by atoms with Crippen LogP contribution in [0.1, 0.15) is 64.9 Å². The highest BCUT2D eigenvalue weighted by molar-refractivity contribution is 7.10. The minimum atomic E-state index is -0.393. The molecule has 0 radical (unpaired) electrons. The topological polar surface area (TPSA) is 53.1 Å². The number of benzene rings is 1. The highest BCUT2D eigenvalue weighted by Crippen LogP contribution is 2.45. The third-order valence-corrected chi connectivity index (χ3v) is 8.70. The zero-order valence-electron chi connectivity index (χ0n) is 20.0. The average Bonchev–Trinajstić information content (AvgIpc) is 3.43. The second-order valence-electron chi connectivity index (χ2n) is 9.67. The van der Waals surface area contributed by atoms with Crippen LogP contribution in [0.15, 0.2) is 41.8 Å². The molecule has 2 aromatic rings. The molecule has 3 aliphatic heterocycles. The van der Waals surface area contributed by atoms with Gasteiger partial charge in [0.2, 0.25) is 5.91 Å². The van der Waals surface area contributed by atoms with Crippen molar-refractivity contribution in [1.29, 1.82) is 0 Å². The molecule has 2 saturated heterocycles. The van der Waals surface area contributed by atoms with Crippen LogP contribution in [0, 0.1) is 0 Å². The van der Waals surface area contributed by atoms with E-state index in [-0.39, 0.29) is 17.9 Å². The molecule has 6 nitrogen and oxygen atoms in total. The highest BCUT2D eigenvalue weighted by atomic mass is 32.1. The zero-order valence-corrected chi connectivity index (χ0v) is 20.8.